The van der Waals surface area contributed by atoms with Gasteiger partial charge in [-0.3, -0.25) is 9.69 Å². The van der Waals surface area contributed by atoms with Gasteiger partial charge in [0.05, 0.1) is 32.9 Å². The van der Waals surface area contributed by atoms with Crippen LogP contribution in [-0.4, -0.2) is 43.5 Å². The fourth-order valence-electron chi connectivity index (χ4n) is 3.05. The van der Waals surface area contributed by atoms with E-state index in [1.807, 2.05) is 9.80 Å². The number of hydrogen-bond acceptors (Lipinski definition) is 3. The van der Waals surface area contributed by atoms with Crippen molar-refractivity contribution in [3.05, 3.63) is 57.0 Å². The van der Waals surface area contributed by atoms with Crippen molar-refractivity contribution in [2.75, 3.05) is 42.9 Å². The van der Waals surface area contributed by atoms with Crippen LogP contribution < -0.4 is 10.2 Å². The maximum Gasteiger partial charge on any atom is 0.416 e. The number of carbonyl (C=O) groups excluding carboxylic acids is 1. The van der Waals surface area contributed by atoms with Crippen LogP contribution in [0.25, 0.3) is 0 Å². The predicted molar refractivity (Wildman–Crippen MR) is 110 cm³/mol. The van der Waals surface area contributed by atoms with Crippen molar-refractivity contribution in [1.82, 2.24) is 4.90 Å². The first-order chi connectivity index (χ1) is 13.6. The molecule has 1 heterocycles. The summed E-state index contributed by atoms with van der Waals surface area (Å²) in [6.07, 6.45) is -4.37. The number of nitrogens with one attached hydrogen (secondary N) is 1. The first kappa shape index (κ1) is 22.0. The van der Waals surface area contributed by atoms with Gasteiger partial charge in [0.15, 0.2) is 0 Å². The summed E-state index contributed by atoms with van der Waals surface area (Å²) >= 11 is 17.9. The normalized spacial score (nSPS) is 15.4. The van der Waals surface area contributed by atoms with E-state index in [0.29, 0.717) is 42.6 Å². The number of nitrogens with zero attached hydrogens (tertiary/aromatic N) is 2. The predicted octanol–water partition coefficient (Wildman–Crippen LogP) is 5.43. The Morgan fingerprint density at radius 3 is 2.28 bits per heavy atom. The van der Waals surface area contributed by atoms with E-state index >= 15 is 0 Å². The fraction of sp³-hybridized carbons (Fsp3) is 0.316. The first-order valence-electron chi connectivity index (χ1n) is 8.72. The van der Waals surface area contributed by atoms with Gasteiger partial charge in [-0.2, -0.15) is 13.2 Å². The van der Waals surface area contributed by atoms with Crippen molar-refractivity contribution in [2.45, 2.75) is 6.18 Å². The van der Waals surface area contributed by atoms with Gasteiger partial charge in [-0.25, -0.2) is 0 Å². The molecule has 0 spiro atoms. The van der Waals surface area contributed by atoms with Gasteiger partial charge in [0, 0.05) is 31.9 Å². The molecular formula is C19H17Cl3F3N3O. The molecule has 0 bridgehead atoms. The summed E-state index contributed by atoms with van der Waals surface area (Å²) in [6, 6.07) is 8.19. The lowest BCUT2D eigenvalue weighted by Crippen LogP contribution is -2.48. The van der Waals surface area contributed by atoms with Crippen LogP contribution in [0.1, 0.15) is 5.56 Å². The Balaban J connectivity index is 1.55. The number of benzene rings is 2. The van der Waals surface area contributed by atoms with E-state index in [0.717, 1.165) is 12.1 Å². The van der Waals surface area contributed by atoms with Crippen LogP contribution in [-0.2, 0) is 11.0 Å². The third-order valence-electron chi connectivity index (χ3n) is 4.56. The van der Waals surface area contributed by atoms with E-state index < -0.39 is 11.7 Å². The minimum atomic E-state index is -4.37. The summed E-state index contributed by atoms with van der Waals surface area (Å²) in [4.78, 5) is 16.1. The molecule has 0 unspecified atom stereocenters. The Bertz CT molecular complexity index is 900. The maximum atomic E-state index is 12.9. The van der Waals surface area contributed by atoms with Gasteiger partial charge >= 0.3 is 6.18 Å². The zero-order valence-corrected chi connectivity index (χ0v) is 17.3. The average Bonchev–Trinajstić information content (AvgIpc) is 2.66. The Hall–Kier alpha value is -1.67. The van der Waals surface area contributed by atoms with Crippen LogP contribution in [0.3, 0.4) is 0 Å². The highest BCUT2D eigenvalue weighted by Gasteiger charge is 2.31. The second-order valence-corrected chi connectivity index (χ2v) is 7.83. The van der Waals surface area contributed by atoms with E-state index in [-0.39, 0.29) is 22.5 Å². The molecule has 3 rings (SSSR count). The van der Waals surface area contributed by atoms with Gasteiger partial charge in [-0.15, -0.1) is 0 Å². The number of rotatable bonds is 4. The molecule has 0 saturated carbocycles. The zero-order valence-electron chi connectivity index (χ0n) is 15.1. The Morgan fingerprint density at radius 2 is 1.62 bits per heavy atom. The van der Waals surface area contributed by atoms with Crippen LogP contribution in [0.15, 0.2) is 36.4 Å². The molecule has 4 nitrogen and oxygen atoms in total. The SMILES string of the molecule is O=C(CN1CCN(c2cccc(C(F)(F)F)c2)CC1)Nc1cc(Cl)c(Cl)cc1Cl. The third-order valence-corrected chi connectivity index (χ3v) is 5.60. The Kier molecular flexibility index (Phi) is 6.83. The van der Waals surface area contributed by atoms with Gasteiger partial charge in [-0.1, -0.05) is 40.9 Å². The molecule has 0 aliphatic carbocycles. The highest BCUT2D eigenvalue weighted by atomic mass is 35.5. The third kappa shape index (κ3) is 5.69. The second-order valence-electron chi connectivity index (χ2n) is 6.61. The van der Waals surface area contributed by atoms with Crippen LogP contribution in [0.2, 0.25) is 15.1 Å². The zero-order chi connectivity index (χ0) is 21.2. The first-order valence-corrected chi connectivity index (χ1v) is 9.86. The van der Waals surface area contributed by atoms with E-state index in [4.69, 9.17) is 34.8 Å². The van der Waals surface area contributed by atoms with Crippen LogP contribution in [0.4, 0.5) is 24.5 Å². The standard InChI is InChI=1S/C19H17Cl3F3N3O/c20-14-9-16(22)17(10-15(14)21)26-18(29)11-27-4-6-28(7-5-27)13-3-1-2-12(8-13)19(23,24)25/h1-3,8-10H,4-7,11H2,(H,26,29). The van der Waals surface area contributed by atoms with Crippen molar-refractivity contribution >= 4 is 52.1 Å². The van der Waals surface area contributed by atoms with Gasteiger partial charge in [0.1, 0.15) is 0 Å². The molecule has 1 N–H and O–H groups in total. The lowest BCUT2D eigenvalue weighted by Gasteiger charge is -2.36. The molecule has 10 heteroatoms. The molecule has 1 saturated heterocycles. The van der Waals surface area contributed by atoms with Crippen molar-refractivity contribution in [3.63, 3.8) is 0 Å². The summed E-state index contributed by atoms with van der Waals surface area (Å²) < 4.78 is 38.7. The summed E-state index contributed by atoms with van der Waals surface area (Å²) in [5, 5.41) is 3.55. The summed E-state index contributed by atoms with van der Waals surface area (Å²) in [6.45, 7) is 2.24. The topological polar surface area (TPSA) is 35.6 Å². The molecule has 156 valence electrons. The van der Waals surface area contributed by atoms with Gasteiger partial charge < -0.3 is 10.2 Å². The van der Waals surface area contributed by atoms with Crippen molar-refractivity contribution in [3.8, 4) is 0 Å². The fourth-order valence-corrected chi connectivity index (χ4v) is 3.65. The van der Waals surface area contributed by atoms with E-state index in [1.54, 1.807) is 6.07 Å². The molecule has 1 aliphatic heterocycles. The van der Waals surface area contributed by atoms with Crippen LogP contribution in [0.5, 0.6) is 0 Å². The molecule has 29 heavy (non-hydrogen) atoms. The van der Waals surface area contributed by atoms with Crippen LogP contribution >= 0.6 is 34.8 Å². The van der Waals surface area contributed by atoms with E-state index in [1.165, 1.54) is 18.2 Å². The molecule has 2 aromatic rings. The molecule has 2 aromatic carbocycles. The van der Waals surface area contributed by atoms with E-state index in [2.05, 4.69) is 5.32 Å². The number of piperazine rings is 1. The monoisotopic (exact) mass is 465 g/mol. The van der Waals surface area contributed by atoms with Gasteiger partial charge in [0.25, 0.3) is 0 Å². The lowest BCUT2D eigenvalue weighted by molar-refractivity contribution is -0.137. The maximum absolute atomic E-state index is 12.9. The average molecular weight is 467 g/mol. The molecule has 0 atom stereocenters. The quantitative estimate of drug-likeness (QED) is 0.611. The molecule has 0 aromatic heterocycles. The number of amides is 1. The molecule has 0 radical (unpaired) electrons. The molecular weight excluding hydrogens is 450 g/mol. The Morgan fingerprint density at radius 1 is 0.966 bits per heavy atom. The minimum absolute atomic E-state index is 0.132. The number of halogens is 6. The smallest absolute Gasteiger partial charge is 0.369 e. The minimum Gasteiger partial charge on any atom is -0.369 e. The highest BCUT2D eigenvalue weighted by Crippen LogP contribution is 2.33. The molecule has 1 amide bonds. The second kappa shape index (κ2) is 9.00. The van der Waals surface area contributed by atoms with E-state index in [9.17, 15) is 18.0 Å². The van der Waals surface area contributed by atoms with Crippen molar-refractivity contribution in [1.29, 1.82) is 0 Å². The van der Waals surface area contributed by atoms with Crippen molar-refractivity contribution < 1.29 is 18.0 Å². The number of anilines is 2. The van der Waals surface area contributed by atoms with Crippen LogP contribution in [0, 0.1) is 0 Å². The molecule has 1 fully saturated rings. The number of carbonyl (C=O) groups is 1. The van der Waals surface area contributed by atoms with Crippen molar-refractivity contribution in [2.24, 2.45) is 0 Å². The summed E-state index contributed by atoms with van der Waals surface area (Å²) in [5.41, 5.74) is 0.218. The highest BCUT2D eigenvalue weighted by molar-refractivity contribution is 6.44. The number of hydrogen-bond donors (Lipinski definition) is 1. The largest absolute Gasteiger partial charge is 0.416 e. The van der Waals surface area contributed by atoms with Gasteiger partial charge in [-0.05, 0) is 30.3 Å². The number of alkyl halides is 3. The van der Waals surface area contributed by atoms with Gasteiger partial charge in [0.2, 0.25) is 5.91 Å². The lowest BCUT2D eigenvalue weighted by atomic mass is 10.1. The summed E-state index contributed by atoms with van der Waals surface area (Å²) in [5.74, 6) is -0.266. The Labute approximate surface area is 181 Å². The molecule has 1 aliphatic rings. The summed E-state index contributed by atoms with van der Waals surface area (Å²) in [7, 11) is 0.